The van der Waals surface area contributed by atoms with Gasteiger partial charge in [-0.3, -0.25) is 0 Å². The Morgan fingerprint density at radius 1 is 1.56 bits per heavy atom. The van der Waals surface area contributed by atoms with Crippen LogP contribution in [0.5, 0.6) is 0 Å². The summed E-state index contributed by atoms with van der Waals surface area (Å²) in [6.07, 6.45) is 0.429. The Morgan fingerprint density at radius 3 is 2.44 bits per heavy atom. The van der Waals surface area contributed by atoms with E-state index in [1.54, 1.807) is 14.2 Å². The molecule has 0 N–H and O–H groups in total. The van der Waals surface area contributed by atoms with Crippen LogP contribution in [-0.2, 0) is 13.6 Å². The van der Waals surface area contributed by atoms with Crippen LogP contribution in [0.3, 0.4) is 0 Å². The molecule has 53 valence electrons. The molecule has 0 aromatic heterocycles. The first kappa shape index (κ1) is 7.21. The van der Waals surface area contributed by atoms with Crippen LogP contribution in [0.25, 0.3) is 0 Å². The van der Waals surface area contributed by atoms with Crippen molar-refractivity contribution in [3.63, 3.8) is 0 Å². The summed E-state index contributed by atoms with van der Waals surface area (Å²) >= 11 is 0. The molecule has 1 aliphatic rings. The van der Waals surface area contributed by atoms with E-state index in [2.05, 4.69) is 0 Å². The predicted octanol–water partition coefficient (Wildman–Crippen LogP) is 0.166. The first-order valence-corrected chi connectivity index (χ1v) is 4.44. The van der Waals surface area contributed by atoms with E-state index in [0.717, 1.165) is 12.7 Å². The van der Waals surface area contributed by atoms with Gasteiger partial charge in [-0.05, 0) is 0 Å². The number of epoxide rings is 1. The molecule has 1 radical (unpaired) electrons. The maximum Gasteiger partial charge on any atom is 0.386 e. The molecule has 4 heteroatoms. The molecule has 1 heterocycles. The van der Waals surface area contributed by atoms with Crippen LogP contribution in [0.15, 0.2) is 0 Å². The lowest BCUT2D eigenvalue weighted by molar-refractivity contribution is 0.271. The predicted molar refractivity (Wildman–Crippen MR) is 34.3 cm³/mol. The second kappa shape index (κ2) is 3.31. The standard InChI is InChI=1S/C5H11O3Si/c1-6-9(7-2)4-5-3-8-5/h5H,3-4H2,1-2H3. The molecule has 0 bridgehead atoms. The monoisotopic (exact) mass is 147 g/mol. The maximum atomic E-state index is 5.05. The van der Waals surface area contributed by atoms with Crippen molar-refractivity contribution in [1.82, 2.24) is 0 Å². The Morgan fingerprint density at radius 2 is 2.11 bits per heavy atom. The second-order valence-electron chi connectivity index (χ2n) is 1.94. The Kier molecular flexibility index (Phi) is 2.65. The topological polar surface area (TPSA) is 31.0 Å². The molecule has 1 rings (SSSR count). The highest BCUT2D eigenvalue weighted by Crippen LogP contribution is 2.16. The van der Waals surface area contributed by atoms with Gasteiger partial charge in [0.15, 0.2) is 0 Å². The summed E-state index contributed by atoms with van der Waals surface area (Å²) in [4.78, 5) is 0. The molecule has 0 aliphatic carbocycles. The molecule has 3 nitrogen and oxygen atoms in total. The van der Waals surface area contributed by atoms with Crippen molar-refractivity contribution in [3.8, 4) is 0 Å². The van der Waals surface area contributed by atoms with Gasteiger partial charge in [0.05, 0.1) is 12.7 Å². The van der Waals surface area contributed by atoms with Crippen molar-refractivity contribution in [2.75, 3.05) is 20.8 Å². The van der Waals surface area contributed by atoms with Crippen LogP contribution in [0.2, 0.25) is 6.04 Å². The summed E-state index contributed by atoms with van der Waals surface area (Å²) in [5.41, 5.74) is 0. The zero-order valence-corrected chi connectivity index (χ0v) is 6.72. The Hall–Kier alpha value is 0.0969. The molecule has 1 fully saturated rings. The highest BCUT2D eigenvalue weighted by molar-refractivity contribution is 6.44. The van der Waals surface area contributed by atoms with Gasteiger partial charge in [0.1, 0.15) is 0 Å². The smallest absolute Gasteiger partial charge is 0.386 e. The fourth-order valence-electron chi connectivity index (χ4n) is 0.622. The van der Waals surface area contributed by atoms with Crippen LogP contribution in [0.4, 0.5) is 0 Å². The van der Waals surface area contributed by atoms with E-state index < -0.39 is 9.28 Å². The molecule has 0 aromatic rings. The lowest BCUT2D eigenvalue weighted by atomic mass is 10.6. The first-order chi connectivity index (χ1) is 4.36. The SMILES string of the molecule is CO[Si](CC1CO1)OC. The fraction of sp³-hybridized carbons (Fsp3) is 1.00. The molecule has 0 saturated carbocycles. The molecule has 9 heavy (non-hydrogen) atoms. The van der Waals surface area contributed by atoms with E-state index in [1.807, 2.05) is 0 Å². The molecule has 0 aromatic carbocycles. The third-order valence-electron chi connectivity index (χ3n) is 1.25. The third-order valence-corrected chi connectivity index (χ3v) is 2.95. The zero-order valence-electron chi connectivity index (χ0n) is 5.72. The van der Waals surface area contributed by atoms with Crippen molar-refractivity contribution >= 4 is 9.28 Å². The maximum absolute atomic E-state index is 5.05. The normalized spacial score (nSPS) is 25.0. The summed E-state index contributed by atoms with van der Waals surface area (Å²) < 4.78 is 15.1. The van der Waals surface area contributed by atoms with Gasteiger partial charge in [0, 0.05) is 20.3 Å². The van der Waals surface area contributed by atoms with Crippen molar-refractivity contribution in [1.29, 1.82) is 0 Å². The van der Waals surface area contributed by atoms with Crippen LogP contribution < -0.4 is 0 Å². The van der Waals surface area contributed by atoms with Gasteiger partial charge in [0.2, 0.25) is 0 Å². The quantitative estimate of drug-likeness (QED) is 0.419. The molecular weight excluding hydrogens is 136 g/mol. The van der Waals surface area contributed by atoms with Crippen LogP contribution in [0.1, 0.15) is 0 Å². The van der Waals surface area contributed by atoms with Gasteiger partial charge >= 0.3 is 9.28 Å². The van der Waals surface area contributed by atoms with Crippen LogP contribution in [0, 0.1) is 0 Å². The second-order valence-corrected chi connectivity index (χ2v) is 3.91. The van der Waals surface area contributed by atoms with E-state index in [4.69, 9.17) is 13.6 Å². The number of hydrogen-bond donors (Lipinski definition) is 0. The molecule has 1 saturated heterocycles. The van der Waals surface area contributed by atoms with Crippen molar-refractivity contribution in [2.24, 2.45) is 0 Å². The summed E-state index contributed by atoms with van der Waals surface area (Å²) in [5, 5.41) is 0. The van der Waals surface area contributed by atoms with Gasteiger partial charge in [-0.1, -0.05) is 0 Å². The van der Waals surface area contributed by atoms with Crippen molar-refractivity contribution in [2.45, 2.75) is 12.1 Å². The summed E-state index contributed by atoms with van der Waals surface area (Å²) in [5.74, 6) is 0. The van der Waals surface area contributed by atoms with Gasteiger partial charge in [-0.25, -0.2) is 0 Å². The Balaban J connectivity index is 2.05. The van der Waals surface area contributed by atoms with Gasteiger partial charge < -0.3 is 13.6 Å². The van der Waals surface area contributed by atoms with E-state index >= 15 is 0 Å². The van der Waals surface area contributed by atoms with E-state index in [0.29, 0.717) is 6.10 Å². The Labute approximate surface area is 56.8 Å². The van der Waals surface area contributed by atoms with Gasteiger partial charge in [0.25, 0.3) is 0 Å². The summed E-state index contributed by atoms with van der Waals surface area (Å²) in [7, 11) is 2.38. The van der Waals surface area contributed by atoms with Gasteiger partial charge in [-0.15, -0.1) is 0 Å². The highest BCUT2D eigenvalue weighted by atomic mass is 28.3. The fourth-order valence-corrected chi connectivity index (χ4v) is 1.73. The van der Waals surface area contributed by atoms with Crippen molar-refractivity contribution < 1.29 is 13.6 Å². The third kappa shape index (κ3) is 2.44. The molecule has 1 unspecified atom stereocenters. The molecule has 1 aliphatic heterocycles. The van der Waals surface area contributed by atoms with Gasteiger partial charge in [-0.2, -0.15) is 0 Å². The minimum absolute atomic E-state index is 0.429. The lowest BCUT2D eigenvalue weighted by Crippen LogP contribution is -2.20. The lowest BCUT2D eigenvalue weighted by Gasteiger charge is -2.05. The largest absolute Gasteiger partial charge is 0.397 e. The van der Waals surface area contributed by atoms with Crippen molar-refractivity contribution in [3.05, 3.63) is 0 Å². The zero-order chi connectivity index (χ0) is 6.69. The molecule has 0 spiro atoms. The Bertz CT molecular complexity index is 80.3. The van der Waals surface area contributed by atoms with E-state index in [9.17, 15) is 0 Å². The average molecular weight is 147 g/mol. The average Bonchev–Trinajstić information content (AvgIpc) is 2.66. The van der Waals surface area contributed by atoms with E-state index in [-0.39, 0.29) is 0 Å². The summed E-state index contributed by atoms with van der Waals surface area (Å²) in [6.45, 7) is 0.890. The molecular formula is C5H11O3Si. The number of rotatable bonds is 4. The van der Waals surface area contributed by atoms with E-state index in [1.165, 1.54) is 0 Å². The number of ether oxygens (including phenoxy) is 1. The first-order valence-electron chi connectivity index (χ1n) is 2.92. The number of hydrogen-bond acceptors (Lipinski definition) is 3. The van der Waals surface area contributed by atoms with Crippen LogP contribution in [-0.4, -0.2) is 36.2 Å². The minimum atomic E-state index is -0.985. The minimum Gasteiger partial charge on any atom is -0.397 e. The van der Waals surface area contributed by atoms with Crippen LogP contribution >= 0.6 is 0 Å². The summed E-state index contributed by atoms with van der Waals surface area (Å²) in [6, 6.07) is 0.956. The molecule has 0 amide bonds. The highest BCUT2D eigenvalue weighted by Gasteiger charge is 2.29. The molecule has 1 atom stereocenters.